The fourth-order valence-corrected chi connectivity index (χ4v) is 5.63. The molecule has 8 nitrogen and oxygen atoms in total. The van der Waals surface area contributed by atoms with Gasteiger partial charge in [0.05, 0.1) is 15.9 Å². The molecule has 2 atom stereocenters. The molecule has 4 saturated carbocycles. The smallest absolute Gasteiger partial charge is 0.312 e. The maximum atomic E-state index is 12.7. The van der Waals surface area contributed by atoms with E-state index in [1.807, 2.05) is 0 Å². The number of rotatable bonds is 5. The number of anilines is 1. The second kappa shape index (κ2) is 6.30. The minimum atomic E-state index is -0.770. The monoisotopic (exact) mass is 374 g/mol. The van der Waals surface area contributed by atoms with Gasteiger partial charge in [0.2, 0.25) is 0 Å². The van der Waals surface area contributed by atoms with Gasteiger partial charge in [-0.05, 0) is 56.4 Å². The molecule has 1 amide bonds. The van der Waals surface area contributed by atoms with Gasteiger partial charge in [0.25, 0.3) is 11.6 Å². The first-order chi connectivity index (χ1) is 12.8. The Morgan fingerprint density at radius 2 is 1.96 bits per heavy atom. The first-order valence-corrected chi connectivity index (χ1v) is 9.21. The standard InChI is InChI=1S/C19H22N2O6/c22-16(20-14-2-1-3-15(5-14)21(25)26)10-27-17(23)18-6-12-4-13(7-18)9-19(24,8-12)11-18/h1-3,5,12-13,24H,4,6-11H2,(H,20,22). The number of hydrogen-bond acceptors (Lipinski definition) is 6. The van der Waals surface area contributed by atoms with Crippen molar-refractivity contribution < 1.29 is 24.4 Å². The lowest BCUT2D eigenvalue weighted by atomic mass is 9.48. The third-order valence-electron chi connectivity index (χ3n) is 6.14. The summed E-state index contributed by atoms with van der Waals surface area (Å²) in [6.07, 6.45) is 4.43. The molecule has 5 rings (SSSR count). The highest BCUT2D eigenvalue weighted by Crippen LogP contribution is 2.61. The van der Waals surface area contributed by atoms with E-state index in [1.54, 1.807) is 0 Å². The van der Waals surface area contributed by atoms with Crippen molar-refractivity contribution in [2.24, 2.45) is 17.3 Å². The zero-order valence-corrected chi connectivity index (χ0v) is 14.8. The predicted octanol–water partition coefficient (Wildman–Crippen LogP) is 2.41. The summed E-state index contributed by atoms with van der Waals surface area (Å²) in [4.78, 5) is 35.1. The summed E-state index contributed by atoms with van der Waals surface area (Å²) >= 11 is 0. The summed E-state index contributed by atoms with van der Waals surface area (Å²) < 4.78 is 5.29. The Morgan fingerprint density at radius 1 is 1.26 bits per heavy atom. The number of nitrogens with one attached hydrogen (secondary N) is 1. The molecular weight excluding hydrogens is 352 g/mol. The number of nitro groups is 1. The maximum Gasteiger partial charge on any atom is 0.312 e. The average Bonchev–Trinajstić information content (AvgIpc) is 2.57. The summed E-state index contributed by atoms with van der Waals surface area (Å²) in [5.74, 6) is -0.263. The number of carbonyl (C=O) groups is 2. The van der Waals surface area contributed by atoms with Crippen LogP contribution in [0.2, 0.25) is 0 Å². The van der Waals surface area contributed by atoms with E-state index in [0.29, 0.717) is 18.3 Å². The molecule has 2 unspecified atom stereocenters. The lowest BCUT2D eigenvalue weighted by molar-refractivity contribution is -0.384. The van der Waals surface area contributed by atoms with Crippen LogP contribution >= 0.6 is 0 Å². The van der Waals surface area contributed by atoms with Crippen molar-refractivity contribution in [1.29, 1.82) is 0 Å². The number of non-ortho nitro benzene ring substituents is 1. The Morgan fingerprint density at radius 3 is 2.59 bits per heavy atom. The van der Waals surface area contributed by atoms with E-state index in [9.17, 15) is 24.8 Å². The molecule has 1 aromatic carbocycles. The number of esters is 1. The number of carbonyl (C=O) groups excluding carboxylic acids is 2. The highest BCUT2D eigenvalue weighted by atomic mass is 16.6. The summed E-state index contributed by atoms with van der Waals surface area (Å²) in [5, 5.41) is 24.0. The Labute approximate surface area is 156 Å². The van der Waals surface area contributed by atoms with Gasteiger partial charge in [0.15, 0.2) is 6.61 Å². The highest BCUT2D eigenvalue weighted by Gasteiger charge is 2.60. The van der Waals surface area contributed by atoms with Crippen LogP contribution in [0.1, 0.15) is 38.5 Å². The molecule has 1 aromatic rings. The third-order valence-corrected chi connectivity index (χ3v) is 6.14. The molecule has 0 spiro atoms. The van der Waals surface area contributed by atoms with Crippen LogP contribution in [0.4, 0.5) is 11.4 Å². The van der Waals surface area contributed by atoms with Crippen molar-refractivity contribution in [3.8, 4) is 0 Å². The Kier molecular flexibility index (Phi) is 4.18. The summed E-state index contributed by atoms with van der Waals surface area (Å²) in [6.45, 7) is -0.447. The lowest BCUT2D eigenvalue weighted by Crippen LogP contribution is -2.58. The molecule has 4 fully saturated rings. The van der Waals surface area contributed by atoms with E-state index in [-0.39, 0.29) is 11.4 Å². The predicted molar refractivity (Wildman–Crippen MR) is 94.7 cm³/mol. The van der Waals surface area contributed by atoms with Crippen molar-refractivity contribution >= 4 is 23.3 Å². The molecule has 4 aliphatic rings. The van der Waals surface area contributed by atoms with E-state index in [4.69, 9.17) is 4.74 Å². The van der Waals surface area contributed by atoms with Crippen LogP contribution in [0.3, 0.4) is 0 Å². The Balaban J connectivity index is 1.36. The van der Waals surface area contributed by atoms with Gasteiger partial charge in [-0.3, -0.25) is 19.7 Å². The first kappa shape index (κ1) is 17.9. The van der Waals surface area contributed by atoms with Gasteiger partial charge in [0.1, 0.15) is 0 Å². The largest absolute Gasteiger partial charge is 0.455 e. The normalized spacial score (nSPS) is 33.5. The lowest BCUT2D eigenvalue weighted by Gasteiger charge is -2.58. The van der Waals surface area contributed by atoms with Gasteiger partial charge in [-0.25, -0.2) is 0 Å². The summed E-state index contributed by atoms with van der Waals surface area (Å²) in [6, 6.07) is 5.57. The van der Waals surface area contributed by atoms with Gasteiger partial charge in [-0.1, -0.05) is 6.07 Å². The molecule has 0 heterocycles. The fourth-order valence-electron chi connectivity index (χ4n) is 5.63. The van der Waals surface area contributed by atoms with Crippen LogP contribution in [0.25, 0.3) is 0 Å². The minimum Gasteiger partial charge on any atom is -0.455 e. The number of nitro benzene ring substituents is 1. The zero-order chi connectivity index (χ0) is 19.2. The molecule has 0 aliphatic heterocycles. The number of amides is 1. The van der Waals surface area contributed by atoms with Gasteiger partial charge in [0, 0.05) is 17.8 Å². The van der Waals surface area contributed by atoms with E-state index in [1.165, 1.54) is 24.3 Å². The second-order valence-electron chi connectivity index (χ2n) is 8.40. The minimum absolute atomic E-state index is 0.133. The zero-order valence-electron chi connectivity index (χ0n) is 14.8. The SMILES string of the molecule is O=C(COC(=O)C12CC3CC(CC(O)(C3)C1)C2)Nc1cccc([N+](=O)[O-])c1. The van der Waals surface area contributed by atoms with Gasteiger partial charge in [-0.2, -0.15) is 0 Å². The van der Waals surface area contributed by atoms with Crippen molar-refractivity contribution in [1.82, 2.24) is 0 Å². The van der Waals surface area contributed by atoms with Crippen LogP contribution in [0.15, 0.2) is 24.3 Å². The maximum absolute atomic E-state index is 12.7. The Hall–Kier alpha value is -2.48. The van der Waals surface area contributed by atoms with E-state index in [0.717, 1.165) is 32.1 Å². The highest BCUT2D eigenvalue weighted by molar-refractivity contribution is 5.93. The van der Waals surface area contributed by atoms with Gasteiger partial charge < -0.3 is 15.2 Å². The molecule has 27 heavy (non-hydrogen) atoms. The van der Waals surface area contributed by atoms with Crippen LogP contribution in [0.5, 0.6) is 0 Å². The van der Waals surface area contributed by atoms with Crippen LogP contribution < -0.4 is 5.32 Å². The number of aliphatic hydroxyl groups is 1. The van der Waals surface area contributed by atoms with E-state index < -0.39 is 34.4 Å². The van der Waals surface area contributed by atoms with Crippen molar-refractivity contribution in [2.45, 2.75) is 44.1 Å². The van der Waals surface area contributed by atoms with Crippen LogP contribution in [0, 0.1) is 27.4 Å². The number of nitrogens with zero attached hydrogens (tertiary/aromatic N) is 1. The molecule has 0 radical (unpaired) electrons. The fraction of sp³-hybridized carbons (Fsp3) is 0.579. The third kappa shape index (κ3) is 3.41. The van der Waals surface area contributed by atoms with Gasteiger partial charge >= 0.3 is 5.97 Å². The molecule has 4 bridgehead atoms. The van der Waals surface area contributed by atoms with Crippen molar-refractivity contribution in [2.75, 3.05) is 11.9 Å². The van der Waals surface area contributed by atoms with Crippen molar-refractivity contribution in [3.63, 3.8) is 0 Å². The van der Waals surface area contributed by atoms with Crippen LogP contribution in [-0.2, 0) is 14.3 Å². The summed E-state index contributed by atoms with van der Waals surface area (Å²) in [7, 11) is 0. The quantitative estimate of drug-likeness (QED) is 0.464. The number of ether oxygens (including phenoxy) is 1. The van der Waals surface area contributed by atoms with E-state index >= 15 is 0 Å². The van der Waals surface area contributed by atoms with Gasteiger partial charge in [-0.15, -0.1) is 0 Å². The second-order valence-corrected chi connectivity index (χ2v) is 8.40. The molecule has 0 saturated heterocycles. The molecule has 4 aliphatic carbocycles. The average molecular weight is 374 g/mol. The number of benzene rings is 1. The Bertz CT molecular complexity index is 793. The molecule has 144 valence electrons. The number of hydrogen-bond donors (Lipinski definition) is 2. The molecule has 0 aromatic heterocycles. The summed E-state index contributed by atoms with van der Waals surface area (Å²) in [5.41, 5.74) is -1.31. The van der Waals surface area contributed by atoms with Crippen LogP contribution in [-0.4, -0.2) is 34.1 Å². The molecule has 2 N–H and O–H groups in total. The van der Waals surface area contributed by atoms with E-state index in [2.05, 4.69) is 5.32 Å². The molecule has 8 heteroatoms. The van der Waals surface area contributed by atoms with Crippen molar-refractivity contribution in [3.05, 3.63) is 34.4 Å². The topological polar surface area (TPSA) is 119 Å². The first-order valence-electron chi connectivity index (χ1n) is 9.21. The molecular formula is C19H22N2O6.